The summed E-state index contributed by atoms with van der Waals surface area (Å²) in [5, 5.41) is 0. The second kappa shape index (κ2) is 29.7. The monoisotopic (exact) mass is 1110 g/mol. The van der Waals surface area contributed by atoms with Crippen LogP contribution >= 0.6 is 31.9 Å². The number of hydrogen-bond donors (Lipinski definition) is 1. The normalized spacial score (nSPS) is 15.2. The van der Waals surface area contributed by atoms with Crippen molar-refractivity contribution >= 4 is 60.7 Å². The lowest BCUT2D eigenvalue weighted by molar-refractivity contribution is -0.152. The summed E-state index contributed by atoms with van der Waals surface area (Å²) in [7, 11) is 0. The highest BCUT2D eigenvalue weighted by atomic mass is 79.9. The smallest absolute Gasteiger partial charge is 0.316 e. The molecule has 0 bridgehead atoms. The molecule has 7 aromatic rings. The Hall–Kier alpha value is -6.67. The lowest BCUT2D eigenvalue weighted by atomic mass is 9.90. The number of ketones is 1. The summed E-state index contributed by atoms with van der Waals surface area (Å²) >= 11 is 6.67. The van der Waals surface area contributed by atoms with Crippen LogP contribution in [0, 0.1) is 30.1 Å². The Kier molecular flexibility index (Phi) is 22.7. The number of terminal acetylenes is 1. The molecule has 0 spiro atoms. The number of fused-ring (bicyclic) bond motifs is 4. The molecule has 1 saturated carbocycles. The van der Waals surface area contributed by atoms with E-state index in [0.717, 1.165) is 131 Å². The zero-order valence-electron chi connectivity index (χ0n) is 41.7. The zero-order valence-corrected chi connectivity index (χ0v) is 44.8. The average Bonchev–Trinajstić information content (AvgIpc) is 3.37. The van der Waals surface area contributed by atoms with Crippen molar-refractivity contribution in [1.82, 2.24) is 23.8 Å². The van der Waals surface area contributed by atoms with Gasteiger partial charge in [-0.3, -0.25) is 28.0 Å². The van der Waals surface area contributed by atoms with Gasteiger partial charge in [-0.2, -0.15) is 0 Å². The number of hydrogen-bond acceptors (Lipinski definition) is 9. The van der Waals surface area contributed by atoms with Crippen LogP contribution in [-0.2, 0) is 40.0 Å². The summed E-state index contributed by atoms with van der Waals surface area (Å²) in [6, 6.07) is 30.7. The van der Waals surface area contributed by atoms with Crippen LogP contribution < -0.4 is 16.9 Å². The maximum absolute atomic E-state index is 12.8. The van der Waals surface area contributed by atoms with Gasteiger partial charge in [0.15, 0.2) is 0 Å². The predicted octanol–water partition coefficient (Wildman–Crippen LogP) is 12.1. The van der Waals surface area contributed by atoms with Gasteiger partial charge < -0.3 is 10.5 Å². The van der Waals surface area contributed by atoms with E-state index in [2.05, 4.69) is 59.6 Å². The van der Waals surface area contributed by atoms with Crippen molar-refractivity contribution in [3.05, 3.63) is 185 Å². The van der Waals surface area contributed by atoms with Gasteiger partial charge in [0, 0.05) is 61.8 Å². The number of benzene rings is 2. The van der Waals surface area contributed by atoms with Crippen molar-refractivity contribution in [2.24, 2.45) is 5.92 Å². The third-order valence-electron chi connectivity index (χ3n) is 12.6. The predicted molar refractivity (Wildman–Crippen MR) is 298 cm³/mol. The van der Waals surface area contributed by atoms with Gasteiger partial charge in [0.2, 0.25) is 0 Å². The molecule has 0 radical (unpaired) electrons. The highest BCUT2D eigenvalue weighted by Gasteiger charge is 2.27. The van der Waals surface area contributed by atoms with Crippen molar-refractivity contribution in [3.8, 4) is 24.2 Å². The van der Waals surface area contributed by atoms with Gasteiger partial charge in [0.1, 0.15) is 28.8 Å². The summed E-state index contributed by atoms with van der Waals surface area (Å²) in [6.07, 6.45) is 28.6. The number of nitrogens with zero attached hydrogens (tertiary/aromatic N) is 5. The number of rotatable bonds is 2. The average molecular weight is 1110 g/mol. The van der Waals surface area contributed by atoms with Crippen LogP contribution in [0.4, 0.5) is 5.82 Å². The molecule has 5 aromatic heterocycles. The van der Waals surface area contributed by atoms with Crippen LogP contribution in [0.15, 0.2) is 134 Å². The van der Waals surface area contributed by atoms with E-state index in [-0.39, 0.29) is 22.9 Å². The molecule has 3 aliphatic rings. The fraction of sp³-hybridized carbons (Fsp3) is 0.350. The van der Waals surface area contributed by atoms with E-state index in [1.807, 2.05) is 91.0 Å². The molecule has 1 fully saturated rings. The number of ether oxygens (including phenoxy) is 1. The third kappa shape index (κ3) is 17.5. The van der Waals surface area contributed by atoms with E-state index in [1.165, 1.54) is 25.7 Å². The first-order valence-electron chi connectivity index (χ1n) is 25.4. The standard InChI is InChI=1S/C22H20N2O.C14H15BrN2O.C11H18O3.C8H6.C5H5BrN2/c25-22-19-10-6-1-2-7-11-20(19)23-21-16-18(14-15-24(21)22)13-12-17-8-4-3-5-9-17;15-10-7-8-17-13(9-10)16-12-6-4-2-1-3-5-11(12)14(17)18;1-2-14-11(13)9-7-5-3-4-6-8-10(9)12;1-2-8-6-4-3-5-7-8;6-4-1-2-8-5(7)3-4/h3-5,8-9,14-16H,1-2,6-7,10-11H2;7-9H,1-6H2;9H,2-8H2,1H3;1,3-7H;1-3H,(H2,7,8). The molecule has 1 atom stereocenters. The summed E-state index contributed by atoms with van der Waals surface area (Å²) in [6.45, 7) is 2.13. The fourth-order valence-corrected chi connectivity index (χ4v) is 9.43. The minimum Gasteiger partial charge on any atom is -0.465 e. The topological polar surface area (TPSA) is 151 Å². The molecule has 0 amide bonds. The molecule has 10 rings (SSSR count). The highest BCUT2D eigenvalue weighted by molar-refractivity contribution is 9.10. The van der Waals surface area contributed by atoms with Gasteiger partial charge in [0.25, 0.3) is 11.1 Å². The van der Waals surface area contributed by atoms with Crippen LogP contribution in [-0.4, -0.2) is 42.1 Å². The van der Waals surface area contributed by atoms with Crippen LogP contribution in [0.1, 0.15) is 136 Å². The third-order valence-corrected chi connectivity index (χ3v) is 13.6. The molecule has 3 aliphatic carbocycles. The molecule has 0 saturated heterocycles. The highest BCUT2D eigenvalue weighted by Crippen LogP contribution is 2.22. The molecule has 0 aliphatic heterocycles. The van der Waals surface area contributed by atoms with Crippen molar-refractivity contribution < 1.29 is 14.3 Å². The Bertz CT molecular complexity index is 3130. The number of anilines is 1. The van der Waals surface area contributed by atoms with Crippen LogP contribution in [0.25, 0.3) is 11.3 Å². The molecular formula is C60H64Br2N6O5. The second-order valence-corrected chi connectivity index (χ2v) is 19.8. The summed E-state index contributed by atoms with van der Waals surface area (Å²) in [5.41, 5.74) is 13.6. The van der Waals surface area contributed by atoms with Crippen molar-refractivity contribution in [2.45, 2.75) is 122 Å². The number of nitrogens with two attached hydrogens (primary N) is 1. The van der Waals surface area contributed by atoms with Gasteiger partial charge >= 0.3 is 5.97 Å². The molecule has 2 N–H and O–H groups in total. The molecule has 1 unspecified atom stereocenters. The molecule has 73 heavy (non-hydrogen) atoms. The fourth-order valence-electron chi connectivity index (χ4n) is 8.76. The molecule has 13 heteroatoms. The molecule has 5 heterocycles. The Labute approximate surface area is 445 Å². The van der Waals surface area contributed by atoms with Crippen LogP contribution in [0.2, 0.25) is 0 Å². The molecule has 2 aromatic carbocycles. The van der Waals surface area contributed by atoms with Gasteiger partial charge in [0.05, 0.1) is 18.0 Å². The van der Waals surface area contributed by atoms with E-state index in [4.69, 9.17) is 21.9 Å². The minimum atomic E-state index is -0.477. The zero-order chi connectivity index (χ0) is 51.8. The Balaban J connectivity index is 0.000000159. The van der Waals surface area contributed by atoms with E-state index in [1.54, 1.807) is 40.4 Å². The molecular weight excluding hydrogens is 1040 g/mol. The first-order valence-corrected chi connectivity index (χ1v) is 27.0. The van der Waals surface area contributed by atoms with Gasteiger partial charge in [-0.1, -0.05) is 131 Å². The van der Waals surface area contributed by atoms with E-state index in [0.29, 0.717) is 30.9 Å². The van der Waals surface area contributed by atoms with Crippen LogP contribution in [0.5, 0.6) is 0 Å². The quantitative estimate of drug-likeness (QED) is 0.101. The summed E-state index contributed by atoms with van der Waals surface area (Å²) < 4.78 is 10.1. The summed E-state index contributed by atoms with van der Waals surface area (Å²) in [5.74, 6) is 8.67. The van der Waals surface area contributed by atoms with Crippen molar-refractivity contribution in [1.29, 1.82) is 0 Å². The number of carbonyl (C=O) groups excluding carboxylic acids is 2. The minimum absolute atomic E-state index is 0.0724. The Morgan fingerprint density at radius 1 is 0.630 bits per heavy atom. The number of nitrogen functional groups attached to an aromatic ring is 1. The second-order valence-electron chi connectivity index (χ2n) is 18.0. The maximum atomic E-state index is 12.8. The Morgan fingerprint density at radius 2 is 1.14 bits per heavy atom. The number of carbonyl (C=O) groups is 2. The van der Waals surface area contributed by atoms with Gasteiger partial charge in [-0.15, -0.1) is 6.42 Å². The van der Waals surface area contributed by atoms with E-state index in [9.17, 15) is 19.2 Å². The number of aryl methyl sites for hydroxylation is 2. The first kappa shape index (κ1) is 55.6. The number of halogens is 2. The van der Waals surface area contributed by atoms with Crippen molar-refractivity contribution in [3.63, 3.8) is 0 Å². The maximum Gasteiger partial charge on any atom is 0.316 e. The molecule has 378 valence electrons. The summed E-state index contributed by atoms with van der Waals surface area (Å²) in [4.78, 5) is 61.5. The number of esters is 1. The Morgan fingerprint density at radius 3 is 1.67 bits per heavy atom. The van der Waals surface area contributed by atoms with E-state index < -0.39 is 5.92 Å². The van der Waals surface area contributed by atoms with Crippen LogP contribution in [0.3, 0.4) is 0 Å². The number of aromatic nitrogens is 5. The SMILES string of the molecule is C#Cc1ccccc1.CCOC(=O)C1CCCCCCC1=O.Nc1cc(Br)ccn1.O=c1c2c(nc3cc(Br)ccn13)CCCCCC2.O=c1c2c(nc3cc(C#Cc4ccccc4)ccn13)CCCCCC2. The first-order chi connectivity index (χ1) is 35.5. The van der Waals surface area contributed by atoms with Gasteiger partial charge in [-0.25, -0.2) is 15.0 Å². The van der Waals surface area contributed by atoms with Gasteiger partial charge in [-0.05, 0) is 132 Å². The largest absolute Gasteiger partial charge is 0.465 e. The van der Waals surface area contributed by atoms with Crippen molar-refractivity contribution in [2.75, 3.05) is 12.3 Å². The molecule has 11 nitrogen and oxygen atoms in total. The number of Topliss-reactive ketones (excluding diaryl/α,β-unsaturated/α-hetero) is 1. The number of pyridine rings is 3. The lowest BCUT2D eigenvalue weighted by Crippen LogP contribution is -2.27. The van der Waals surface area contributed by atoms with E-state index >= 15 is 0 Å². The lowest BCUT2D eigenvalue weighted by Gasteiger charge is -2.16.